The van der Waals surface area contributed by atoms with Gasteiger partial charge in [0.05, 0.1) is 10.7 Å². The lowest BCUT2D eigenvalue weighted by atomic mass is 10.3. The van der Waals surface area contributed by atoms with Crippen LogP contribution >= 0.6 is 11.6 Å². The minimum Gasteiger partial charge on any atom is -0.481 e. The van der Waals surface area contributed by atoms with Crippen molar-refractivity contribution in [2.24, 2.45) is 7.05 Å². The van der Waals surface area contributed by atoms with Gasteiger partial charge in [-0.1, -0.05) is 11.6 Å². The van der Waals surface area contributed by atoms with Crippen molar-refractivity contribution in [3.05, 3.63) is 35.6 Å². The highest BCUT2D eigenvalue weighted by molar-refractivity contribution is 6.30. The van der Waals surface area contributed by atoms with Gasteiger partial charge in [0.15, 0.2) is 0 Å². The van der Waals surface area contributed by atoms with E-state index >= 15 is 0 Å². The standard InChI is InChI=1S/C15H16ClN5O2/c1-20-11(6-8-18-20)14-15(17-7-2-3-13(22)23)21-9-10(16)4-5-12(21)19-14/h4-6,8-9,17H,2-3,7H2,1H3,(H,22,23). The molecule has 120 valence electrons. The first-order valence-corrected chi connectivity index (χ1v) is 7.55. The summed E-state index contributed by atoms with van der Waals surface area (Å²) < 4.78 is 3.61. The van der Waals surface area contributed by atoms with Crippen molar-refractivity contribution >= 4 is 29.0 Å². The molecule has 0 saturated carbocycles. The number of hydrogen-bond donors (Lipinski definition) is 2. The normalized spacial score (nSPS) is 11.0. The molecule has 0 aromatic carbocycles. The number of nitrogens with one attached hydrogen (secondary N) is 1. The zero-order chi connectivity index (χ0) is 16.4. The van der Waals surface area contributed by atoms with Gasteiger partial charge in [-0.25, -0.2) is 4.98 Å². The van der Waals surface area contributed by atoms with Crippen LogP contribution < -0.4 is 5.32 Å². The van der Waals surface area contributed by atoms with E-state index in [9.17, 15) is 4.79 Å². The highest BCUT2D eigenvalue weighted by atomic mass is 35.5. The first-order valence-electron chi connectivity index (χ1n) is 7.18. The maximum atomic E-state index is 10.6. The molecule has 0 atom stereocenters. The highest BCUT2D eigenvalue weighted by Crippen LogP contribution is 2.29. The molecule has 3 heterocycles. The SMILES string of the molecule is Cn1nccc1-c1nc2ccc(Cl)cn2c1NCCCC(=O)O. The van der Waals surface area contributed by atoms with Gasteiger partial charge in [0.25, 0.3) is 0 Å². The van der Waals surface area contributed by atoms with Crippen LogP contribution in [-0.2, 0) is 11.8 Å². The number of carbonyl (C=O) groups is 1. The van der Waals surface area contributed by atoms with Gasteiger partial charge in [-0.15, -0.1) is 0 Å². The lowest BCUT2D eigenvalue weighted by Gasteiger charge is -2.08. The molecular formula is C15H16ClN5O2. The number of aromatic nitrogens is 4. The minimum atomic E-state index is -0.806. The molecule has 0 unspecified atom stereocenters. The largest absolute Gasteiger partial charge is 0.481 e. The monoisotopic (exact) mass is 333 g/mol. The van der Waals surface area contributed by atoms with E-state index in [0.29, 0.717) is 18.0 Å². The molecule has 3 aromatic rings. The van der Waals surface area contributed by atoms with Crippen LogP contribution in [0, 0.1) is 0 Å². The molecule has 7 nitrogen and oxygen atoms in total. The van der Waals surface area contributed by atoms with E-state index in [1.54, 1.807) is 23.1 Å². The topological polar surface area (TPSA) is 84.5 Å². The molecule has 0 amide bonds. The lowest BCUT2D eigenvalue weighted by Crippen LogP contribution is -2.08. The van der Waals surface area contributed by atoms with E-state index in [1.165, 1.54) is 0 Å². The molecule has 3 aromatic heterocycles. The number of anilines is 1. The molecule has 3 rings (SSSR count). The Morgan fingerprint density at radius 3 is 2.91 bits per heavy atom. The van der Waals surface area contributed by atoms with Gasteiger partial charge in [-0.3, -0.25) is 13.9 Å². The van der Waals surface area contributed by atoms with E-state index in [-0.39, 0.29) is 6.42 Å². The Morgan fingerprint density at radius 1 is 1.39 bits per heavy atom. The minimum absolute atomic E-state index is 0.117. The molecule has 23 heavy (non-hydrogen) atoms. The van der Waals surface area contributed by atoms with Crippen LogP contribution in [0.4, 0.5) is 5.82 Å². The average Bonchev–Trinajstić information content (AvgIpc) is 3.07. The number of nitrogens with zero attached hydrogens (tertiary/aromatic N) is 4. The number of aliphatic carboxylic acids is 1. The van der Waals surface area contributed by atoms with E-state index in [0.717, 1.165) is 22.9 Å². The van der Waals surface area contributed by atoms with Gasteiger partial charge >= 0.3 is 5.97 Å². The smallest absolute Gasteiger partial charge is 0.303 e. The zero-order valence-corrected chi connectivity index (χ0v) is 13.3. The number of halogens is 1. The van der Waals surface area contributed by atoms with E-state index < -0.39 is 5.97 Å². The Morgan fingerprint density at radius 2 is 2.22 bits per heavy atom. The predicted octanol–water partition coefficient (Wildman–Crippen LogP) is 2.66. The van der Waals surface area contributed by atoms with E-state index in [2.05, 4.69) is 15.4 Å². The van der Waals surface area contributed by atoms with Gasteiger partial charge in [0.1, 0.15) is 17.2 Å². The average molecular weight is 334 g/mol. The molecular weight excluding hydrogens is 318 g/mol. The van der Waals surface area contributed by atoms with Gasteiger partial charge in [0.2, 0.25) is 0 Å². The first kappa shape index (κ1) is 15.4. The maximum absolute atomic E-state index is 10.6. The van der Waals surface area contributed by atoms with Crippen LogP contribution in [0.1, 0.15) is 12.8 Å². The van der Waals surface area contributed by atoms with Crippen molar-refractivity contribution in [1.29, 1.82) is 0 Å². The fourth-order valence-electron chi connectivity index (χ4n) is 2.42. The molecule has 0 spiro atoms. The van der Waals surface area contributed by atoms with Crippen LogP contribution in [0.3, 0.4) is 0 Å². The maximum Gasteiger partial charge on any atom is 0.303 e. The molecule has 8 heteroatoms. The lowest BCUT2D eigenvalue weighted by molar-refractivity contribution is -0.137. The summed E-state index contributed by atoms with van der Waals surface area (Å²) in [6, 6.07) is 5.50. The number of carboxylic acids is 1. The van der Waals surface area contributed by atoms with Crippen LogP contribution in [-0.4, -0.2) is 36.8 Å². The van der Waals surface area contributed by atoms with E-state index in [4.69, 9.17) is 16.7 Å². The fourth-order valence-corrected chi connectivity index (χ4v) is 2.58. The van der Waals surface area contributed by atoms with Crippen LogP contribution in [0.2, 0.25) is 5.02 Å². The van der Waals surface area contributed by atoms with Crippen molar-refractivity contribution in [3.8, 4) is 11.4 Å². The second kappa shape index (κ2) is 6.29. The van der Waals surface area contributed by atoms with Crippen molar-refractivity contribution in [3.63, 3.8) is 0 Å². The van der Waals surface area contributed by atoms with Crippen molar-refractivity contribution in [2.75, 3.05) is 11.9 Å². The predicted molar refractivity (Wildman–Crippen MR) is 87.8 cm³/mol. The Balaban J connectivity index is 1.99. The molecule has 0 radical (unpaired) electrons. The molecule has 0 bridgehead atoms. The first-order chi connectivity index (χ1) is 11.1. The summed E-state index contributed by atoms with van der Waals surface area (Å²) in [7, 11) is 1.85. The summed E-state index contributed by atoms with van der Waals surface area (Å²) in [6.45, 7) is 0.525. The molecule has 0 aliphatic carbocycles. The fraction of sp³-hybridized carbons (Fsp3) is 0.267. The number of rotatable bonds is 6. The Kier molecular flexibility index (Phi) is 4.20. The quantitative estimate of drug-likeness (QED) is 0.677. The summed E-state index contributed by atoms with van der Waals surface area (Å²) in [4.78, 5) is 15.3. The van der Waals surface area contributed by atoms with Gasteiger partial charge in [-0.2, -0.15) is 5.10 Å². The molecule has 0 fully saturated rings. The molecule has 2 N–H and O–H groups in total. The third kappa shape index (κ3) is 3.14. The second-order valence-electron chi connectivity index (χ2n) is 5.15. The molecule has 0 aliphatic rings. The Bertz CT molecular complexity index is 855. The van der Waals surface area contributed by atoms with E-state index in [1.807, 2.05) is 23.6 Å². The summed E-state index contributed by atoms with van der Waals surface area (Å²) >= 11 is 6.09. The van der Waals surface area contributed by atoms with Crippen LogP contribution in [0.15, 0.2) is 30.6 Å². The Hall–Kier alpha value is -2.54. The van der Waals surface area contributed by atoms with Gasteiger partial charge in [-0.05, 0) is 24.6 Å². The number of carboxylic acid groups (broad SMARTS) is 1. The number of fused-ring (bicyclic) bond motifs is 1. The zero-order valence-electron chi connectivity index (χ0n) is 12.5. The second-order valence-corrected chi connectivity index (χ2v) is 5.59. The summed E-state index contributed by atoms with van der Waals surface area (Å²) in [5, 5.41) is 16.8. The summed E-state index contributed by atoms with van der Waals surface area (Å²) in [6.07, 6.45) is 4.13. The van der Waals surface area contributed by atoms with Gasteiger partial charge < -0.3 is 10.4 Å². The van der Waals surface area contributed by atoms with Crippen molar-refractivity contribution in [1.82, 2.24) is 19.2 Å². The third-order valence-electron chi connectivity index (χ3n) is 3.51. The number of hydrogen-bond acceptors (Lipinski definition) is 4. The van der Waals surface area contributed by atoms with Crippen LogP contribution in [0.25, 0.3) is 17.0 Å². The number of aryl methyl sites for hydroxylation is 1. The van der Waals surface area contributed by atoms with Crippen LogP contribution in [0.5, 0.6) is 0 Å². The van der Waals surface area contributed by atoms with Crippen molar-refractivity contribution < 1.29 is 9.90 Å². The Labute approximate surface area is 137 Å². The number of imidazole rings is 1. The molecule has 0 aliphatic heterocycles. The van der Waals surface area contributed by atoms with Crippen molar-refractivity contribution in [2.45, 2.75) is 12.8 Å². The molecule has 0 saturated heterocycles. The summed E-state index contributed by atoms with van der Waals surface area (Å²) in [5.41, 5.74) is 2.37. The highest BCUT2D eigenvalue weighted by Gasteiger charge is 2.16. The summed E-state index contributed by atoms with van der Waals surface area (Å²) in [5.74, 6) is -0.0312. The number of pyridine rings is 1. The van der Waals surface area contributed by atoms with Gasteiger partial charge in [0, 0.05) is 32.4 Å². The third-order valence-corrected chi connectivity index (χ3v) is 3.73.